The Kier molecular flexibility index (Phi) is 5.30. The Balaban J connectivity index is 1.52. The van der Waals surface area contributed by atoms with Crippen molar-refractivity contribution in [3.05, 3.63) is 0 Å². The molecule has 0 heterocycles. The van der Waals surface area contributed by atoms with Crippen molar-refractivity contribution in [1.82, 2.24) is 5.32 Å². The van der Waals surface area contributed by atoms with E-state index >= 15 is 0 Å². The second-order valence-corrected chi connectivity index (χ2v) is 5.95. The molecule has 0 unspecified atom stereocenters. The third-order valence-corrected chi connectivity index (χ3v) is 4.74. The Morgan fingerprint density at radius 1 is 1.00 bits per heavy atom. The number of rotatable bonds is 6. The minimum absolute atomic E-state index is 0.549. The summed E-state index contributed by atoms with van der Waals surface area (Å²) >= 11 is 0. The van der Waals surface area contributed by atoms with Crippen molar-refractivity contribution < 1.29 is 4.74 Å². The predicted octanol–water partition coefficient (Wildman–Crippen LogP) is 3.36. The van der Waals surface area contributed by atoms with E-state index in [2.05, 4.69) is 19.2 Å². The standard InChI is InChI=1S/C15H29NO/c1-3-12-5-7-13(8-6-12)11-16-14-9-15(10-14)17-4-2/h12-16H,3-11H2,1-2H3. The summed E-state index contributed by atoms with van der Waals surface area (Å²) in [5.41, 5.74) is 0. The van der Waals surface area contributed by atoms with Crippen molar-refractivity contribution in [2.45, 2.75) is 70.9 Å². The average molecular weight is 239 g/mol. The highest BCUT2D eigenvalue weighted by Crippen LogP contribution is 2.31. The van der Waals surface area contributed by atoms with E-state index in [9.17, 15) is 0 Å². The van der Waals surface area contributed by atoms with Crippen LogP contribution in [0.2, 0.25) is 0 Å². The molecule has 0 aromatic heterocycles. The molecule has 17 heavy (non-hydrogen) atoms. The summed E-state index contributed by atoms with van der Waals surface area (Å²) in [7, 11) is 0. The fourth-order valence-corrected chi connectivity index (χ4v) is 3.28. The maximum atomic E-state index is 5.59. The van der Waals surface area contributed by atoms with Gasteiger partial charge in [-0.05, 0) is 51.0 Å². The average Bonchev–Trinajstić information content (AvgIpc) is 2.32. The van der Waals surface area contributed by atoms with E-state index in [0.717, 1.165) is 24.5 Å². The van der Waals surface area contributed by atoms with Crippen LogP contribution in [0.25, 0.3) is 0 Å². The molecule has 1 N–H and O–H groups in total. The van der Waals surface area contributed by atoms with E-state index < -0.39 is 0 Å². The first-order valence-electron chi connectivity index (χ1n) is 7.66. The van der Waals surface area contributed by atoms with Crippen LogP contribution in [0.4, 0.5) is 0 Å². The lowest BCUT2D eigenvalue weighted by molar-refractivity contribution is -0.0110. The molecule has 2 saturated carbocycles. The van der Waals surface area contributed by atoms with Crippen LogP contribution < -0.4 is 5.32 Å². The Bertz CT molecular complexity index is 205. The van der Waals surface area contributed by atoms with Gasteiger partial charge in [0.15, 0.2) is 0 Å². The van der Waals surface area contributed by atoms with Crippen LogP contribution >= 0.6 is 0 Å². The summed E-state index contributed by atoms with van der Waals surface area (Å²) in [5, 5.41) is 3.73. The van der Waals surface area contributed by atoms with Crippen molar-refractivity contribution in [2.75, 3.05) is 13.2 Å². The first-order valence-corrected chi connectivity index (χ1v) is 7.66. The fraction of sp³-hybridized carbons (Fsp3) is 1.00. The molecule has 0 spiro atoms. The Morgan fingerprint density at radius 3 is 2.24 bits per heavy atom. The summed E-state index contributed by atoms with van der Waals surface area (Å²) < 4.78 is 5.59. The summed E-state index contributed by atoms with van der Waals surface area (Å²) in [6.45, 7) is 6.55. The van der Waals surface area contributed by atoms with Crippen LogP contribution in [-0.2, 0) is 4.74 Å². The van der Waals surface area contributed by atoms with Crippen LogP contribution in [-0.4, -0.2) is 25.3 Å². The summed E-state index contributed by atoms with van der Waals surface area (Å²) in [4.78, 5) is 0. The highest BCUT2D eigenvalue weighted by atomic mass is 16.5. The molecule has 0 atom stereocenters. The monoisotopic (exact) mass is 239 g/mol. The van der Waals surface area contributed by atoms with Gasteiger partial charge in [0.2, 0.25) is 0 Å². The van der Waals surface area contributed by atoms with E-state index in [1.54, 1.807) is 0 Å². The zero-order valence-corrected chi connectivity index (χ0v) is 11.6. The molecule has 2 nitrogen and oxygen atoms in total. The van der Waals surface area contributed by atoms with Gasteiger partial charge in [-0.25, -0.2) is 0 Å². The van der Waals surface area contributed by atoms with Gasteiger partial charge in [0.1, 0.15) is 0 Å². The van der Waals surface area contributed by atoms with E-state index in [1.165, 1.54) is 51.5 Å². The van der Waals surface area contributed by atoms with Gasteiger partial charge in [0.05, 0.1) is 6.10 Å². The Morgan fingerprint density at radius 2 is 1.65 bits per heavy atom. The molecule has 0 aliphatic heterocycles. The molecule has 0 aromatic rings. The zero-order chi connectivity index (χ0) is 12.1. The highest BCUT2D eigenvalue weighted by molar-refractivity contribution is 4.87. The van der Waals surface area contributed by atoms with E-state index in [4.69, 9.17) is 4.74 Å². The smallest absolute Gasteiger partial charge is 0.0604 e. The number of ether oxygens (including phenoxy) is 1. The van der Waals surface area contributed by atoms with Gasteiger partial charge in [-0.15, -0.1) is 0 Å². The number of hydrogen-bond acceptors (Lipinski definition) is 2. The Labute approximate surface area is 107 Å². The van der Waals surface area contributed by atoms with Gasteiger partial charge < -0.3 is 10.1 Å². The van der Waals surface area contributed by atoms with Gasteiger partial charge in [-0.3, -0.25) is 0 Å². The molecule has 2 heteroatoms. The summed E-state index contributed by atoms with van der Waals surface area (Å²) in [6.07, 6.45) is 10.2. The lowest BCUT2D eigenvalue weighted by Crippen LogP contribution is -2.47. The predicted molar refractivity (Wildman–Crippen MR) is 72.2 cm³/mol. The van der Waals surface area contributed by atoms with Gasteiger partial charge in [0.25, 0.3) is 0 Å². The molecule has 0 aromatic carbocycles. The van der Waals surface area contributed by atoms with E-state index in [0.29, 0.717) is 6.10 Å². The molecule has 0 radical (unpaired) electrons. The van der Waals surface area contributed by atoms with Crippen molar-refractivity contribution >= 4 is 0 Å². The zero-order valence-electron chi connectivity index (χ0n) is 11.6. The Hall–Kier alpha value is -0.0800. The van der Waals surface area contributed by atoms with Crippen molar-refractivity contribution in [1.29, 1.82) is 0 Å². The maximum absolute atomic E-state index is 5.59. The van der Waals surface area contributed by atoms with Crippen LogP contribution in [0.3, 0.4) is 0 Å². The third-order valence-electron chi connectivity index (χ3n) is 4.74. The quantitative estimate of drug-likeness (QED) is 0.767. The van der Waals surface area contributed by atoms with Crippen molar-refractivity contribution in [3.8, 4) is 0 Å². The molecule has 100 valence electrons. The molecule has 2 fully saturated rings. The van der Waals surface area contributed by atoms with Crippen LogP contribution in [0.1, 0.15) is 58.8 Å². The number of nitrogens with one attached hydrogen (secondary N) is 1. The molecule has 0 bridgehead atoms. The second-order valence-electron chi connectivity index (χ2n) is 5.95. The minimum atomic E-state index is 0.549. The third kappa shape index (κ3) is 3.96. The van der Waals surface area contributed by atoms with Crippen molar-refractivity contribution in [3.63, 3.8) is 0 Å². The van der Waals surface area contributed by atoms with Gasteiger partial charge >= 0.3 is 0 Å². The largest absolute Gasteiger partial charge is 0.378 e. The molecule has 0 amide bonds. The van der Waals surface area contributed by atoms with Crippen LogP contribution in [0, 0.1) is 11.8 Å². The van der Waals surface area contributed by atoms with Gasteiger partial charge in [-0.1, -0.05) is 26.2 Å². The van der Waals surface area contributed by atoms with Crippen molar-refractivity contribution in [2.24, 2.45) is 11.8 Å². The first kappa shape index (κ1) is 13.4. The van der Waals surface area contributed by atoms with Gasteiger partial charge in [0, 0.05) is 12.6 Å². The van der Waals surface area contributed by atoms with Gasteiger partial charge in [-0.2, -0.15) is 0 Å². The highest BCUT2D eigenvalue weighted by Gasteiger charge is 2.30. The van der Waals surface area contributed by atoms with Crippen LogP contribution in [0.5, 0.6) is 0 Å². The number of hydrogen-bond donors (Lipinski definition) is 1. The first-order chi connectivity index (χ1) is 8.31. The summed E-state index contributed by atoms with van der Waals surface area (Å²) in [6, 6.07) is 0.746. The van der Waals surface area contributed by atoms with E-state index in [-0.39, 0.29) is 0 Å². The molecular formula is C15H29NO. The lowest BCUT2D eigenvalue weighted by atomic mass is 9.80. The molecule has 2 aliphatic carbocycles. The lowest BCUT2D eigenvalue weighted by Gasteiger charge is -2.37. The fourth-order valence-electron chi connectivity index (χ4n) is 3.28. The molecule has 2 rings (SSSR count). The topological polar surface area (TPSA) is 21.3 Å². The SMILES string of the molecule is CCOC1CC(NCC2CCC(CC)CC2)C1. The normalized spacial score (nSPS) is 37.8. The minimum Gasteiger partial charge on any atom is -0.378 e. The summed E-state index contributed by atoms with van der Waals surface area (Å²) in [5.74, 6) is 1.97. The second kappa shape index (κ2) is 6.75. The van der Waals surface area contributed by atoms with E-state index in [1.807, 2.05) is 0 Å². The molecule has 0 saturated heterocycles. The molecular weight excluding hydrogens is 210 g/mol. The molecule has 2 aliphatic rings. The maximum Gasteiger partial charge on any atom is 0.0604 e. The van der Waals surface area contributed by atoms with Crippen LogP contribution in [0.15, 0.2) is 0 Å².